The molecule has 0 N–H and O–H groups in total. The number of halogens is 1. The second-order valence-electron chi connectivity index (χ2n) is 5.65. The van der Waals surface area contributed by atoms with Gasteiger partial charge in [0.2, 0.25) is 0 Å². The SMILES string of the molecule is CC(C)(C)C1CCCc2ccc(F)cc21. The fourth-order valence-electron chi connectivity index (χ4n) is 2.67. The largest absolute Gasteiger partial charge is 0.207 e. The number of hydrogen-bond donors (Lipinski definition) is 0. The van der Waals surface area contributed by atoms with E-state index in [1.807, 2.05) is 6.07 Å². The molecule has 1 aliphatic rings. The van der Waals surface area contributed by atoms with E-state index < -0.39 is 0 Å². The summed E-state index contributed by atoms with van der Waals surface area (Å²) in [7, 11) is 0. The van der Waals surface area contributed by atoms with E-state index in [1.165, 1.54) is 24.0 Å². The van der Waals surface area contributed by atoms with Crippen LogP contribution in [0.15, 0.2) is 18.2 Å². The predicted octanol–water partition coefficient (Wildman–Crippen LogP) is 4.29. The monoisotopic (exact) mass is 206 g/mol. The number of benzene rings is 1. The zero-order valence-corrected chi connectivity index (χ0v) is 9.81. The Hall–Kier alpha value is -0.850. The van der Waals surface area contributed by atoms with Crippen LogP contribution in [-0.4, -0.2) is 0 Å². The van der Waals surface area contributed by atoms with Crippen LogP contribution in [0.5, 0.6) is 0 Å². The molecule has 0 radical (unpaired) electrons. The summed E-state index contributed by atoms with van der Waals surface area (Å²) in [4.78, 5) is 0. The lowest BCUT2D eigenvalue weighted by atomic mass is 9.69. The average Bonchev–Trinajstić information content (AvgIpc) is 2.15. The topological polar surface area (TPSA) is 0 Å². The van der Waals surface area contributed by atoms with E-state index in [-0.39, 0.29) is 11.2 Å². The van der Waals surface area contributed by atoms with Gasteiger partial charge in [0.1, 0.15) is 5.82 Å². The summed E-state index contributed by atoms with van der Waals surface area (Å²) in [6.07, 6.45) is 3.54. The third-order valence-electron chi connectivity index (χ3n) is 3.47. The summed E-state index contributed by atoms with van der Waals surface area (Å²) in [5, 5.41) is 0. The van der Waals surface area contributed by atoms with Gasteiger partial charge in [-0.2, -0.15) is 0 Å². The first-order valence-electron chi connectivity index (χ1n) is 5.77. The summed E-state index contributed by atoms with van der Waals surface area (Å²) >= 11 is 0. The normalized spacial score (nSPS) is 21.2. The van der Waals surface area contributed by atoms with Crippen LogP contribution in [0.4, 0.5) is 4.39 Å². The van der Waals surface area contributed by atoms with Crippen LogP contribution >= 0.6 is 0 Å². The fourth-order valence-corrected chi connectivity index (χ4v) is 2.67. The highest BCUT2D eigenvalue weighted by Crippen LogP contribution is 2.43. The van der Waals surface area contributed by atoms with Crippen molar-refractivity contribution in [2.75, 3.05) is 0 Å². The first-order valence-corrected chi connectivity index (χ1v) is 5.77. The van der Waals surface area contributed by atoms with Gasteiger partial charge in [0.25, 0.3) is 0 Å². The van der Waals surface area contributed by atoms with E-state index in [0.29, 0.717) is 5.92 Å². The Morgan fingerprint density at radius 1 is 1.27 bits per heavy atom. The fraction of sp³-hybridized carbons (Fsp3) is 0.571. The maximum Gasteiger partial charge on any atom is 0.123 e. The number of hydrogen-bond acceptors (Lipinski definition) is 0. The highest BCUT2D eigenvalue weighted by Gasteiger charge is 2.30. The Bertz CT molecular complexity index is 360. The minimum absolute atomic E-state index is 0.0927. The molecule has 1 aliphatic carbocycles. The van der Waals surface area contributed by atoms with Crippen LogP contribution in [0.3, 0.4) is 0 Å². The summed E-state index contributed by atoms with van der Waals surface area (Å²) in [6.45, 7) is 6.74. The van der Waals surface area contributed by atoms with Crippen LogP contribution in [0.25, 0.3) is 0 Å². The van der Waals surface area contributed by atoms with Crippen molar-refractivity contribution in [1.29, 1.82) is 0 Å². The standard InChI is InChI=1S/C14H19F/c1-14(2,3)13-6-4-5-10-7-8-11(15)9-12(10)13/h7-9,13H,4-6H2,1-3H3. The van der Waals surface area contributed by atoms with Crippen LogP contribution in [0.2, 0.25) is 0 Å². The minimum Gasteiger partial charge on any atom is -0.207 e. The van der Waals surface area contributed by atoms with Crippen LogP contribution in [0.1, 0.15) is 50.7 Å². The van der Waals surface area contributed by atoms with Gasteiger partial charge in [-0.25, -0.2) is 4.39 Å². The zero-order valence-electron chi connectivity index (χ0n) is 9.81. The molecule has 15 heavy (non-hydrogen) atoms. The van der Waals surface area contributed by atoms with Crippen molar-refractivity contribution >= 4 is 0 Å². The van der Waals surface area contributed by atoms with Crippen LogP contribution in [-0.2, 0) is 6.42 Å². The molecule has 1 unspecified atom stereocenters. The molecule has 0 aliphatic heterocycles. The van der Waals surface area contributed by atoms with E-state index in [2.05, 4.69) is 20.8 Å². The number of rotatable bonds is 0. The van der Waals surface area contributed by atoms with Crippen LogP contribution in [0, 0.1) is 11.2 Å². The summed E-state index contributed by atoms with van der Waals surface area (Å²) in [6, 6.07) is 5.29. The highest BCUT2D eigenvalue weighted by atomic mass is 19.1. The minimum atomic E-state index is -0.0927. The van der Waals surface area contributed by atoms with Gasteiger partial charge in [-0.3, -0.25) is 0 Å². The number of aryl methyl sites for hydroxylation is 1. The van der Waals surface area contributed by atoms with Crippen molar-refractivity contribution in [1.82, 2.24) is 0 Å². The second kappa shape index (κ2) is 3.62. The molecule has 1 aromatic rings. The number of fused-ring (bicyclic) bond motifs is 1. The van der Waals surface area contributed by atoms with Crippen molar-refractivity contribution < 1.29 is 4.39 Å². The van der Waals surface area contributed by atoms with E-state index in [9.17, 15) is 4.39 Å². The quantitative estimate of drug-likeness (QED) is 0.594. The molecule has 2 rings (SSSR count). The van der Waals surface area contributed by atoms with Gasteiger partial charge in [0.15, 0.2) is 0 Å². The molecule has 0 saturated carbocycles. The van der Waals surface area contributed by atoms with Crippen LogP contribution < -0.4 is 0 Å². The predicted molar refractivity (Wildman–Crippen MR) is 61.5 cm³/mol. The lowest BCUT2D eigenvalue weighted by Crippen LogP contribution is -2.23. The van der Waals surface area contributed by atoms with Crippen molar-refractivity contribution in [3.8, 4) is 0 Å². The molecule has 1 atom stereocenters. The van der Waals surface area contributed by atoms with E-state index in [1.54, 1.807) is 12.1 Å². The molecule has 0 fully saturated rings. The van der Waals surface area contributed by atoms with Crippen molar-refractivity contribution in [2.45, 2.75) is 46.0 Å². The molecule has 0 aromatic heterocycles. The highest BCUT2D eigenvalue weighted by molar-refractivity contribution is 5.34. The van der Waals surface area contributed by atoms with E-state index >= 15 is 0 Å². The van der Waals surface area contributed by atoms with Gasteiger partial charge in [-0.1, -0.05) is 26.8 Å². The molecule has 1 aromatic carbocycles. The lowest BCUT2D eigenvalue weighted by Gasteiger charge is -2.35. The van der Waals surface area contributed by atoms with Crippen molar-refractivity contribution in [2.24, 2.45) is 5.41 Å². The zero-order chi connectivity index (χ0) is 11.1. The Morgan fingerprint density at radius 2 is 2.00 bits per heavy atom. The van der Waals surface area contributed by atoms with Gasteiger partial charge in [0.05, 0.1) is 0 Å². The van der Waals surface area contributed by atoms with Gasteiger partial charge in [-0.05, 0) is 53.9 Å². The van der Waals surface area contributed by atoms with Crippen molar-refractivity contribution in [3.05, 3.63) is 35.1 Å². The Morgan fingerprint density at radius 3 is 2.67 bits per heavy atom. The molecular formula is C14H19F. The summed E-state index contributed by atoms with van der Waals surface area (Å²) in [5.74, 6) is 0.418. The Balaban J connectivity index is 2.45. The second-order valence-corrected chi connectivity index (χ2v) is 5.65. The molecule has 0 spiro atoms. The molecule has 0 nitrogen and oxygen atoms in total. The van der Waals surface area contributed by atoms with E-state index in [4.69, 9.17) is 0 Å². The van der Waals surface area contributed by atoms with Gasteiger partial charge >= 0.3 is 0 Å². The molecule has 0 amide bonds. The maximum atomic E-state index is 13.3. The van der Waals surface area contributed by atoms with E-state index in [0.717, 1.165) is 6.42 Å². The Kier molecular flexibility index (Phi) is 2.57. The molecule has 0 saturated heterocycles. The molecule has 0 heterocycles. The molecular weight excluding hydrogens is 187 g/mol. The lowest BCUT2D eigenvalue weighted by molar-refractivity contribution is 0.289. The molecule has 1 heteroatoms. The average molecular weight is 206 g/mol. The summed E-state index contributed by atoms with van der Waals surface area (Å²) in [5.41, 5.74) is 2.83. The molecule has 82 valence electrons. The Labute approximate surface area is 91.5 Å². The maximum absolute atomic E-state index is 13.3. The van der Waals surface area contributed by atoms with Crippen molar-refractivity contribution in [3.63, 3.8) is 0 Å². The first kappa shape index (κ1) is 10.7. The summed E-state index contributed by atoms with van der Waals surface area (Å²) < 4.78 is 13.3. The van der Waals surface area contributed by atoms with Gasteiger partial charge in [0, 0.05) is 0 Å². The van der Waals surface area contributed by atoms with Gasteiger partial charge in [-0.15, -0.1) is 0 Å². The first-order chi connectivity index (χ1) is 6.98. The third-order valence-corrected chi connectivity index (χ3v) is 3.47. The third kappa shape index (κ3) is 2.06. The molecule has 0 bridgehead atoms. The smallest absolute Gasteiger partial charge is 0.123 e. The van der Waals surface area contributed by atoms with Gasteiger partial charge < -0.3 is 0 Å².